The van der Waals surface area contributed by atoms with Crippen LogP contribution in [-0.4, -0.2) is 13.3 Å². The zero-order valence-corrected chi connectivity index (χ0v) is 10.3. The molecule has 66 valence electrons. The standard InChI is InChI=1S/C8H11P.Au.ClH/c1-9(2)8-6-4-3-5-7-8;;/h3-7H,1-2H3;;1H/q;+1;/p-1. The number of hydrogen-bond acceptors (Lipinski definition) is 0. The summed E-state index contributed by atoms with van der Waals surface area (Å²) in [5, 5.41) is 1.48. The number of benzene rings is 1. The Hall–Kier alpha value is 0.680. The van der Waals surface area contributed by atoms with Crippen molar-refractivity contribution in [2.24, 2.45) is 0 Å². The second-order valence-corrected chi connectivity index (χ2v) is 4.54. The summed E-state index contributed by atoms with van der Waals surface area (Å²) in [6.07, 6.45) is 0. The Bertz CT molecular complexity index is 177. The van der Waals surface area contributed by atoms with Crippen molar-refractivity contribution < 1.29 is 20.0 Å². The van der Waals surface area contributed by atoms with Gasteiger partial charge in [-0.05, 0) is 18.6 Å². The molecule has 0 spiro atoms. The first-order valence-corrected chi connectivity index (χ1v) is 8.06. The Morgan fingerprint density at radius 3 is 1.82 bits per heavy atom. The zero-order valence-electron chi connectivity index (χ0n) is 6.51. The Morgan fingerprint density at radius 1 is 1.09 bits per heavy atom. The predicted molar refractivity (Wildman–Crippen MR) is 50.7 cm³/mol. The minimum atomic E-state index is 0.104. The van der Waals surface area contributed by atoms with Gasteiger partial charge in [0.1, 0.15) is 0 Å². The van der Waals surface area contributed by atoms with Gasteiger partial charge in [0.25, 0.3) is 0 Å². The third-order valence-corrected chi connectivity index (χ3v) is 2.60. The van der Waals surface area contributed by atoms with Crippen LogP contribution in [0.25, 0.3) is 0 Å². The molecule has 0 amide bonds. The van der Waals surface area contributed by atoms with Gasteiger partial charge >= 0.3 is 29.2 Å². The van der Waals surface area contributed by atoms with E-state index in [2.05, 4.69) is 52.9 Å². The Kier molecular flexibility index (Phi) is 7.79. The van der Waals surface area contributed by atoms with E-state index in [4.69, 9.17) is 0 Å². The molecule has 0 nitrogen and oxygen atoms in total. The van der Waals surface area contributed by atoms with E-state index in [-0.39, 0.29) is 7.92 Å². The van der Waals surface area contributed by atoms with Gasteiger partial charge in [-0.1, -0.05) is 38.3 Å². The van der Waals surface area contributed by atoms with E-state index in [1.165, 1.54) is 5.30 Å². The van der Waals surface area contributed by atoms with E-state index in [1.807, 2.05) is 0 Å². The van der Waals surface area contributed by atoms with Gasteiger partial charge in [-0.15, -0.1) is 0 Å². The maximum absolute atomic E-state index is 4.58. The SMILES string of the molecule is CP(C)c1ccccc1.[Cl][Au]. The molecule has 3 heteroatoms. The topological polar surface area (TPSA) is 0 Å². The second kappa shape index (κ2) is 7.34. The van der Waals surface area contributed by atoms with Crippen LogP contribution in [0.5, 0.6) is 0 Å². The van der Waals surface area contributed by atoms with Crippen molar-refractivity contribution in [1.82, 2.24) is 0 Å². The van der Waals surface area contributed by atoms with Crippen LogP contribution in [0.15, 0.2) is 30.3 Å². The minimum absolute atomic E-state index is 0.104. The van der Waals surface area contributed by atoms with Crippen LogP contribution in [0.1, 0.15) is 0 Å². The molecule has 0 fully saturated rings. The summed E-state index contributed by atoms with van der Waals surface area (Å²) in [4.78, 5) is 0. The molecule has 0 unspecified atom stereocenters. The van der Waals surface area contributed by atoms with E-state index < -0.39 is 0 Å². The molecule has 11 heavy (non-hydrogen) atoms. The summed E-state index contributed by atoms with van der Waals surface area (Å²) in [5.41, 5.74) is 0. The molecule has 0 saturated heterocycles. The van der Waals surface area contributed by atoms with Crippen LogP contribution >= 0.6 is 17.1 Å². The number of hydrogen-bond donors (Lipinski definition) is 0. The summed E-state index contributed by atoms with van der Waals surface area (Å²) >= 11 is 1.75. The molecule has 0 saturated carbocycles. The molecule has 1 aromatic carbocycles. The quantitative estimate of drug-likeness (QED) is 0.527. The number of rotatable bonds is 1. The molecule has 0 aromatic heterocycles. The van der Waals surface area contributed by atoms with Crippen LogP contribution in [-0.2, 0) is 20.0 Å². The summed E-state index contributed by atoms with van der Waals surface area (Å²) in [6, 6.07) is 10.6. The van der Waals surface area contributed by atoms with Crippen LogP contribution < -0.4 is 5.30 Å². The summed E-state index contributed by atoms with van der Waals surface area (Å²) in [6.45, 7) is 4.54. The predicted octanol–water partition coefficient (Wildman–Crippen LogP) is 2.74. The van der Waals surface area contributed by atoms with Gasteiger partial charge < -0.3 is 0 Å². The van der Waals surface area contributed by atoms with E-state index in [9.17, 15) is 0 Å². The fourth-order valence-electron chi connectivity index (χ4n) is 0.726. The molecule has 0 aliphatic heterocycles. The molecule has 0 aliphatic carbocycles. The van der Waals surface area contributed by atoms with Crippen LogP contribution in [0, 0.1) is 0 Å². The van der Waals surface area contributed by atoms with Gasteiger partial charge in [-0.3, -0.25) is 0 Å². The first kappa shape index (κ1) is 11.7. The van der Waals surface area contributed by atoms with Crippen molar-refractivity contribution in [3.63, 3.8) is 0 Å². The normalized spacial score (nSPS) is 8.91. The fraction of sp³-hybridized carbons (Fsp3) is 0.250. The van der Waals surface area contributed by atoms with Gasteiger partial charge in [-0.25, -0.2) is 0 Å². The van der Waals surface area contributed by atoms with Crippen molar-refractivity contribution in [2.45, 2.75) is 0 Å². The zero-order chi connectivity index (χ0) is 8.69. The molecule has 1 rings (SSSR count). The molecule has 0 radical (unpaired) electrons. The third kappa shape index (κ3) is 5.00. The van der Waals surface area contributed by atoms with E-state index >= 15 is 0 Å². The molecule has 0 N–H and O–H groups in total. The molecular formula is C8H11AuClP. The van der Waals surface area contributed by atoms with Crippen molar-refractivity contribution in [2.75, 3.05) is 13.3 Å². The number of halogens is 1. The first-order chi connectivity index (χ1) is 5.30. The molecule has 0 bridgehead atoms. The van der Waals surface area contributed by atoms with E-state index in [0.29, 0.717) is 0 Å². The van der Waals surface area contributed by atoms with E-state index in [1.54, 1.807) is 20.0 Å². The van der Waals surface area contributed by atoms with E-state index in [0.717, 1.165) is 0 Å². The van der Waals surface area contributed by atoms with Crippen molar-refractivity contribution in [3.8, 4) is 0 Å². The van der Waals surface area contributed by atoms with Crippen LogP contribution in [0.4, 0.5) is 0 Å². The van der Waals surface area contributed by atoms with Crippen molar-refractivity contribution in [3.05, 3.63) is 30.3 Å². The molecule has 0 heterocycles. The summed E-state index contributed by atoms with van der Waals surface area (Å²) in [7, 11) is 4.69. The van der Waals surface area contributed by atoms with Crippen LogP contribution in [0.2, 0.25) is 0 Å². The van der Waals surface area contributed by atoms with Gasteiger partial charge in [0.2, 0.25) is 0 Å². The average molecular weight is 371 g/mol. The third-order valence-electron chi connectivity index (χ3n) is 1.27. The Morgan fingerprint density at radius 2 is 1.55 bits per heavy atom. The molecule has 1 aromatic rings. The Balaban J connectivity index is 0.000000461. The molecule has 0 aliphatic rings. The van der Waals surface area contributed by atoms with Gasteiger partial charge in [0.05, 0.1) is 0 Å². The van der Waals surface area contributed by atoms with Gasteiger partial charge in [0, 0.05) is 0 Å². The van der Waals surface area contributed by atoms with Crippen LogP contribution in [0.3, 0.4) is 0 Å². The maximum atomic E-state index is 4.58. The average Bonchev–Trinajstić information content (AvgIpc) is 2.10. The fourth-order valence-corrected chi connectivity index (χ4v) is 1.49. The molecule has 0 atom stereocenters. The first-order valence-electron chi connectivity index (χ1n) is 3.14. The van der Waals surface area contributed by atoms with Crippen molar-refractivity contribution in [1.29, 1.82) is 0 Å². The summed E-state index contributed by atoms with van der Waals surface area (Å²) in [5.74, 6) is 0. The summed E-state index contributed by atoms with van der Waals surface area (Å²) < 4.78 is 0. The monoisotopic (exact) mass is 370 g/mol. The second-order valence-electron chi connectivity index (χ2n) is 2.23. The molecular weight excluding hydrogens is 359 g/mol. The van der Waals surface area contributed by atoms with Gasteiger partial charge in [-0.2, -0.15) is 0 Å². The van der Waals surface area contributed by atoms with Gasteiger partial charge in [0.15, 0.2) is 0 Å². The Labute approximate surface area is 85.8 Å². The van der Waals surface area contributed by atoms with Crippen molar-refractivity contribution >= 4 is 22.4 Å².